The highest BCUT2D eigenvalue weighted by molar-refractivity contribution is 7.98. The third-order valence-corrected chi connectivity index (χ3v) is 6.34. The fourth-order valence-corrected chi connectivity index (χ4v) is 4.46. The molecule has 0 aromatic rings. The molecule has 1 saturated carbocycles. The van der Waals surface area contributed by atoms with E-state index in [2.05, 4.69) is 21.4 Å². The van der Waals surface area contributed by atoms with Crippen molar-refractivity contribution >= 4 is 17.7 Å². The van der Waals surface area contributed by atoms with Gasteiger partial charge in [0.05, 0.1) is 5.92 Å². The SMILES string of the molecule is CSCCCN1CCC(N2CCC[C@@H](C(=O)NC3CC3)C2)CC1. The van der Waals surface area contributed by atoms with Gasteiger partial charge in [-0.1, -0.05) is 0 Å². The molecular weight excluding hydrogens is 306 g/mol. The molecule has 0 bridgehead atoms. The van der Waals surface area contributed by atoms with Gasteiger partial charge in [-0.05, 0) is 83.1 Å². The highest BCUT2D eigenvalue weighted by atomic mass is 32.2. The first-order chi connectivity index (χ1) is 11.3. The van der Waals surface area contributed by atoms with Gasteiger partial charge >= 0.3 is 0 Å². The molecule has 2 aliphatic heterocycles. The Morgan fingerprint density at radius 3 is 2.61 bits per heavy atom. The molecule has 2 heterocycles. The highest BCUT2D eigenvalue weighted by Crippen LogP contribution is 2.26. The van der Waals surface area contributed by atoms with Gasteiger partial charge in [0.1, 0.15) is 0 Å². The fraction of sp³-hybridized carbons (Fsp3) is 0.944. The minimum absolute atomic E-state index is 0.240. The lowest BCUT2D eigenvalue weighted by Gasteiger charge is -2.42. The topological polar surface area (TPSA) is 35.6 Å². The quantitative estimate of drug-likeness (QED) is 0.721. The predicted molar refractivity (Wildman–Crippen MR) is 97.9 cm³/mol. The second-order valence-corrected chi connectivity index (χ2v) is 8.52. The summed E-state index contributed by atoms with van der Waals surface area (Å²) in [5, 5.41) is 3.21. The fourth-order valence-electron chi connectivity index (χ4n) is 4.04. The molecule has 3 aliphatic rings. The first-order valence-electron chi connectivity index (χ1n) is 9.52. The van der Waals surface area contributed by atoms with E-state index in [1.807, 2.05) is 11.8 Å². The number of hydrogen-bond acceptors (Lipinski definition) is 4. The number of likely N-dealkylation sites (tertiary alicyclic amines) is 2. The van der Waals surface area contributed by atoms with Crippen LogP contribution in [0.2, 0.25) is 0 Å². The first-order valence-corrected chi connectivity index (χ1v) is 10.9. The molecule has 3 rings (SSSR count). The molecule has 1 N–H and O–H groups in total. The Kier molecular flexibility index (Phi) is 6.66. The van der Waals surface area contributed by atoms with Crippen molar-refractivity contribution in [3.05, 3.63) is 0 Å². The zero-order valence-corrected chi connectivity index (χ0v) is 15.5. The highest BCUT2D eigenvalue weighted by Gasteiger charge is 2.33. The number of hydrogen-bond donors (Lipinski definition) is 1. The van der Waals surface area contributed by atoms with E-state index in [-0.39, 0.29) is 5.92 Å². The Bertz CT molecular complexity index is 380. The summed E-state index contributed by atoms with van der Waals surface area (Å²) in [7, 11) is 0. The molecule has 0 spiro atoms. The standard InChI is InChI=1S/C18H33N3OS/c1-23-13-3-9-20-11-7-17(8-12-20)21-10-2-4-15(14-21)18(22)19-16-5-6-16/h15-17H,2-14H2,1H3,(H,19,22)/t15-/m1/s1. The zero-order valence-electron chi connectivity index (χ0n) is 14.6. The number of piperidine rings is 2. The van der Waals surface area contributed by atoms with Gasteiger partial charge in [-0.25, -0.2) is 0 Å². The van der Waals surface area contributed by atoms with E-state index in [1.54, 1.807) is 0 Å². The van der Waals surface area contributed by atoms with Gasteiger partial charge in [0.25, 0.3) is 0 Å². The summed E-state index contributed by atoms with van der Waals surface area (Å²) < 4.78 is 0. The van der Waals surface area contributed by atoms with Crippen molar-refractivity contribution in [2.24, 2.45) is 5.92 Å². The van der Waals surface area contributed by atoms with Crippen LogP contribution in [0.15, 0.2) is 0 Å². The third-order valence-electron chi connectivity index (χ3n) is 5.64. The van der Waals surface area contributed by atoms with Gasteiger partial charge in [-0.15, -0.1) is 0 Å². The summed E-state index contributed by atoms with van der Waals surface area (Å²) in [6.45, 7) is 5.95. The summed E-state index contributed by atoms with van der Waals surface area (Å²) in [5.74, 6) is 1.85. The third kappa shape index (κ3) is 5.36. The molecule has 0 aromatic carbocycles. The van der Waals surface area contributed by atoms with Gasteiger partial charge in [0.2, 0.25) is 5.91 Å². The van der Waals surface area contributed by atoms with E-state index in [9.17, 15) is 4.79 Å². The zero-order chi connectivity index (χ0) is 16.1. The van der Waals surface area contributed by atoms with Crippen LogP contribution in [0.1, 0.15) is 44.9 Å². The lowest BCUT2D eigenvalue weighted by atomic mass is 9.93. The van der Waals surface area contributed by atoms with Crippen molar-refractivity contribution in [2.75, 3.05) is 44.7 Å². The normalized spacial score (nSPS) is 28.0. The second kappa shape index (κ2) is 8.72. The molecule has 3 fully saturated rings. The van der Waals surface area contributed by atoms with Gasteiger partial charge in [-0.3, -0.25) is 9.69 Å². The molecule has 4 nitrogen and oxygen atoms in total. The van der Waals surface area contributed by atoms with E-state index in [0.717, 1.165) is 13.0 Å². The number of nitrogens with one attached hydrogen (secondary N) is 1. The van der Waals surface area contributed by atoms with Gasteiger partial charge in [0, 0.05) is 18.6 Å². The van der Waals surface area contributed by atoms with E-state index >= 15 is 0 Å². The molecule has 5 heteroatoms. The number of nitrogens with zero attached hydrogens (tertiary/aromatic N) is 2. The van der Waals surface area contributed by atoms with Crippen molar-refractivity contribution in [1.29, 1.82) is 0 Å². The summed E-state index contributed by atoms with van der Waals surface area (Å²) >= 11 is 1.95. The van der Waals surface area contributed by atoms with Gasteiger partial charge < -0.3 is 10.2 Å². The molecule has 1 aliphatic carbocycles. The van der Waals surface area contributed by atoms with Crippen molar-refractivity contribution < 1.29 is 4.79 Å². The minimum atomic E-state index is 0.240. The minimum Gasteiger partial charge on any atom is -0.353 e. The maximum Gasteiger partial charge on any atom is 0.224 e. The summed E-state index contributed by atoms with van der Waals surface area (Å²) in [5.41, 5.74) is 0. The first kappa shape index (κ1) is 17.6. The summed E-state index contributed by atoms with van der Waals surface area (Å²) in [4.78, 5) is 17.6. The smallest absolute Gasteiger partial charge is 0.224 e. The Morgan fingerprint density at radius 1 is 1.13 bits per heavy atom. The molecule has 0 radical (unpaired) electrons. The van der Waals surface area contributed by atoms with Crippen LogP contribution in [0.25, 0.3) is 0 Å². The van der Waals surface area contributed by atoms with Crippen LogP contribution in [0.5, 0.6) is 0 Å². The number of amides is 1. The molecule has 0 unspecified atom stereocenters. The number of thioether (sulfide) groups is 1. The van der Waals surface area contributed by atoms with Crippen LogP contribution in [0.4, 0.5) is 0 Å². The maximum atomic E-state index is 12.3. The van der Waals surface area contributed by atoms with Crippen LogP contribution in [0, 0.1) is 5.92 Å². The Hall–Kier alpha value is -0.260. The van der Waals surface area contributed by atoms with Crippen molar-refractivity contribution in [2.45, 2.75) is 57.0 Å². The van der Waals surface area contributed by atoms with Crippen LogP contribution in [0.3, 0.4) is 0 Å². The molecule has 1 atom stereocenters. The molecule has 23 heavy (non-hydrogen) atoms. The molecule has 1 amide bonds. The Labute approximate surface area is 145 Å². The lowest BCUT2D eigenvalue weighted by molar-refractivity contribution is -0.127. The van der Waals surface area contributed by atoms with Gasteiger partial charge in [-0.2, -0.15) is 11.8 Å². The Balaban J connectivity index is 1.39. The van der Waals surface area contributed by atoms with Crippen molar-refractivity contribution in [3.8, 4) is 0 Å². The molecule has 0 aromatic heterocycles. The lowest BCUT2D eigenvalue weighted by Crippen LogP contribution is -2.51. The predicted octanol–water partition coefficient (Wildman–Crippen LogP) is 2.19. The van der Waals surface area contributed by atoms with E-state index in [1.165, 1.54) is 70.5 Å². The van der Waals surface area contributed by atoms with Crippen LogP contribution in [-0.2, 0) is 4.79 Å². The number of carbonyl (C=O) groups excluding carboxylic acids is 1. The maximum absolute atomic E-state index is 12.3. The average molecular weight is 340 g/mol. The van der Waals surface area contributed by atoms with Gasteiger partial charge in [0.15, 0.2) is 0 Å². The van der Waals surface area contributed by atoms with Crippen molar-refractivity contribution in [3.63, 3.8) is 0 Å². The summed E-state index contributed by atoms with van der Waals surface area (Å²) in [6.07, 6.45) is 10.7. The van der Waals surface area contributed by atoms with E-state index in [4.69, 9.17) is 0 Å². The van der Waals surface area contributed by atoms with Crippen molar-refractivity contribution in [1.82, 2.24) is 15.1 Å². The summed E-state index contributed by atoms with van der Waals surface area (Å²) in [6, 6.07) is 1.21. The molecular formula is C18H33N3OS. The van der Waals surface area contributed by atoms with Crippen LogP contribution >= 0.6 is 11.8 Å². The largest absolute Gasteiger partial charge is 0.353 e. The van der Waals surface area contributed by atoms with Crippen LogP contribution < -0.4 is 5.32 Å². The second-order valence-electron chi connectivity index (χ2n) is 7.54. The van der Waals surface area contributed by atoms with Crippen LogP contribution in [-0.4, -0.2) is 72.5 Å². The Morgan fingerprint density at radius 2 is 1.91 bits per heavy atom. The number of rotatable bonds is 7. The number of carbonyl (C=O) groups is 1. The van der Waals surface area contributed by atoms with E-state index in [0.29, 0.717) is 18.0 Å². The average Bonchev–Trinajstić information content (AvgIpc) is 3.40. The molecule has 2 saturated heterocycles. The monoisotopic (exact) mass is 339 g/mol. The van der Waals surface area contributed by atoms with E-state index < -0.39 is 0 Å². The molecule has 132 valence electrons.